The maximum absolute atomic E-state index is 11.9. The summed E-state index contributed by atoms with van der Waals surface area (Å²) in [6, 6.07) is 0. The topological polar surface area (TPSA) is 93.1 Å². The van der Waals surface area contributed by atoms with Crippen molar-refractivity contribution in [1.82, 2.24) is 0 Å². The Morgan fingerprint density at radius 3 is 2.67 bits per heavy atom. The summed E-state index contributed by atoms with van der Waals surface area (Å²) in [5, 5.41) is 21.0. The molecule has 6 nitrogen and oxygen atoms in total. The zero-order chi connectivity index (χ0) is 19.1. The van der Waals surface area contributed by atoms with Crippen LogP contribution in [0.1, 0.15) is 61.6 Å². The van der Waals surface area contributed by atoms with Gasteiger partial charge in [0.1, 0.15) is 0 Å². The van der Waals surface area contributed by atoms with Crippen molar-refractivity contribution in [2.75, 3.05) is 0 Å². The lowest BCUT2D eigenvalue weighted by molar-refractivity contribution is -0.0227. The SMILES string of the molecule is C#Cc1c2c(O)c(c3c1[C@H]1CC[C@]4(C)[C@@H](O)CC[C@H]4[C@@H]1CC3)OS(=O)(=O)O2. The van der Waals surface area contributed by atoms with Gasteiger partial charge in [-0.05, 0) is 67.3 Å². The van der Waals surface area contributed by atoms with Crippen molar-refractivity contribution in [2.45, 2.75) is 57.5 Å². The van der Waals surface area contributed by atoms with E-state index >= 15 is 0 Å². The van der Waals surface area contributed by atoms with E-state index in [1.807, 2.05) is 0 Å². The first kappa shape index (κ1) is 17.2. The fourth-order valence-electron chi connectivity index (χ4n) is 6.28. The Morgan fingerprint density at radius 1 is 1.19 bits per heavy atom. The Bertz CT molecular complexity index is 991. The van der Waals surface area contributed by atoms with Gasteiger partial charge in [-0.25, -0.2) is 0 Å². The van der Waals surface area contributed by atoms with E-state index < -0.39 is 10.4 Å². The van der Waals surface area contributed by atoms with Crippen LogP contribution in [-0.4, -0.2) is 24.7 Å². The van der Waals surface area contributed by atoms with Crippen LogP contribution in [0.25, 0.3) is 0 Å². The molecule has 1 aromatic rings. The summed E-state index contributed by atoms with van der Waals surface area (Å²) >= 11 is 0. The Hall–Kier alpha value is -1.91. The summed E-state index contributed by atoms with van der Waals surface area (Å²) in [5.41, 5.74) is 1.86. The van der Waals surface area contributed by atoms with Crippen LogP contribution in [0.5, 0.6) is 17.2 Å². The summed E-state index contributed by atoms with van der Waals surface area (Å²) in [7, 11) is -4.27. The second-order valence-corrected chi connectivity index (χ2v) is 9.70. The van der Waals surface area contributed by atoms with Gasteiger partial charge in [-0.15, -0.1) is 14.8 Å². The fourth-order valence-corrected chi connectivity index (χ4v) is 7.07. The zero-order valence-corrected chi connectivity index (χ0v) is 15.9. The average molecular weight is 390 g/mol. The third kappa shape index (κ3) is 2.14. The van der Waals surface area contributed by atoms with Gasteiger partial charge in [0.05, 0.1) is 11.7 Å². The molecule has 5 rings (SSSR count). The molecule has 4 aliphatic rings. The molecule has 1 aromatic carbocycles. The van der Waals surface area contributed by atoms with Crippen molar-refractivity contribution < 1.29 is 27.0 Å². The van der Waals surface area contributed by atoms with Gasteiger partial charge in [0.25, 0.3) is 0 Å². The molecule has 2 bridgehead atoms. The molecule has 7 heteroatoms. The van der Waals surface area contributed by atoms with Crippen LogP contribution in [0, 0.1) is 29.6 Å². The molecule has 1 aliphatic heterocycles. The molecular formula is C20H22O6S. The molecule has 5 atom stereocenters. The van der Waals surface area contributed by atoms with Gasteiger partial charge in [0.2, 0.25) is 11.5 Å². The van der Waals surface area contributed by atoms with E-state index in [1.165, 1.54) is 0 Å². The first-order valence-corrected chi connectivity index (χ1v) is 10.8. The molecular weight excluding hydrogens is 368 g/mol. The molecule has 2 N–H and O–H groups in total. The van der Waals surface area contributed by atoms with Crippen molar-refractivity contribution in [1.29, 1.82) is 0 Å². The van der Waals surface area contributed by atoms with E-state index in [-0.39, 0.29) is 34.7 Å². The Labute approximate surface area is 158 Å². The van der Waals surface area contributed by atoms with Crippen LogP contribution >= 0.6 is 0 Å². The largest absolute Gasteiger partial charge is 0.502 e. The zero-order valence-electron chi connectivity index (χ0n) is 15.1. The highest BCUT2D eigenvalue weighted by Gasteiger charge is 2.55. The van der Waals surface area contributed by atoms with Gasteiger partial charge in [-0.2, -0.15) is 0 Å². The average Bonchev–Trinajstić information content (AvgIpc) is 2.92. The Kier molecular flexibility index (Phi) is 3.40. The van der Waals surface area contributed by atoms with E-state index in [4.69, 9.17) is 14.8 Å². The van der Waals surface area contributed by atoms with Crippen molar-refractivity contribution >= 4 is 10.4 Å². The quantitative estimate of drug-likeness (QED) is 0.662. The molecule has 0 spiro atoms. The number of phenols is 1. The van der Waals surface area contributed by atoms with Crippen LogP contribution in [0.4, 0.5) is 0 Å². The fraction of sp³-hybridized carbons (Fsp3) is 0.600. The predicted molar refractivity (Wildman–Crippen MR) is 96.8 cm³/mol. The van der Waals surface area contributed by atoms with Crippen LogP contribution < -0.4 is 8.37 Å². The number of hydrogen-bond acceptors (Lipinski definition) is 6. The smallest absolute Gasteiger partial charge is 0.501 e. The number of rotatable bonds is 0. The molecule has 144 valence electrons. The summed E-state index contributed by atoms with van der Waals surface area (Å²) in [5.74, 6) is 2.99. The minimum Gasteiger partial charge on any atom is -0.502 e. The van der Waals surface area contributed by atoms with E-state index in [2.05, 4.69) is 12.8 Å². The third-order valence-corrected chi connectivity index (χ3v) is 8.27. The lowest BCUT2D eigenvalue weighted by Gasteiger charge is -2.50. The van der Waals surface area contributed by atoms with Gasteiger partial charge in [0.15, 0.2) is 5.75 Å². The number of benzene rings is 1. The number of aliphatic hydroxyl groups excluding tert-OH is 1. The maximum atomic E-state index is 11.9. The number of fused-ring (bicyclic) bond motifs is 8. The molecule has 1 heterocycles. The Balaban J connectivity index is 1.68. The normalized spacial score (nSPS) is 37.8. The van der Waals surface area contributed by atoms with Crippen molar-refractivity contribution in [2.24, 2.45) is 17.3 Å². The van der Waals surface area contributed by atoms with Crippen LogP contribution in [-0.2, 0) is 16.8 Å². The summed E-state index contributed by atoms with van der Waals surface area (Å²) in [6.07, 6.45) is 10.5. The molecule has 0 unspecified atom stereocenters. The van der Waals surface area contributed by atoms with Gasteiger partial charge in [-0.3, -0.25) is 0 Å². The highest BCUT2D eigenvalue weighted by atomic mass is 32.3. The molecule has 2 saturated carbocycles. The minimum absolute atomic E-state index is 0.0245. The van der Waals surface area contributed by atoms with E-state index in [0.29, 0.717) is 29.4 Å². The summed E-state index contributed by atoms with van der Waals surface area (Å²) in [4.78, 5) is 0. The molecule has 0 saturated heterocycles. The first-order valence-electron chi connectivity index (χ1n) is 9.47. The van der Waals surface area contributed by atoms with E-state index in [0.717, 1.165) is 37.7 Å². The second kappa shape index (κ2) is 5.33. The number of terminal acetylenes is 1. The first-order chi connectivity index (χ1) is 12.8. The third-order valence-electron chi connectivity index (χ3n) is 7.53. The van der Waals surface area contributed by atoms with Gasteiger partial charge >= 0.3 is 10.4 Å². The highest BCUT2D eigenvalue weighted by Crippen LogP contribution is 2.63. The van der Waals surface area contributed by atoms with Crippen molar-refractivity contribution in [3.8, 4) is 29.6 Å². The maximum Gasteiger partial charge on any atom is 0.501 e. The van der Waals surface area contributed by atoms with Crippen LogP contribution in [0.3, 0.4) is 0 Å². The minimum atomic E-state index is -4.27. The second-order valence-electron chi connectivity index (χ2n) is 8.55. The molecule has 0 radical (unpaired) electrons. The van der Waals surface area contributed by atoms with Crippen LogP contribution in [0.2, 0.25) is 0 Å². The van der Waals surface area contributed by atoms with Crippen molar-refractivity contribution in [3.63, 3.8) is 0 Å². The summed E-state index contributed by atoms with van der Waals surface area (Å²) < 4.78 is 33.7. The van der Waals surface area contributed by atoms with Crippen molar-refractivity contribution in [3.05, 3.63) is 16.7 Å². The monoisotopic (exact) mass is 390 g/mol. The highest BCUT2D eigenvalue weighted by molar-refractivity contribution is 7.82. The number of phenolic OH excluding ortho intramolecular Hbond substituents is 1. The molecule has 0 aromatic heterocycles. The number of aromatic hydroxyl groups is 1. The van der Waals surface area contributed by atoms with Crippen LogP contribution in [0.15, 0.2) is 0 Å². The van der Waals surface area contributed by atoms with Gasteiger partial charge in [0, 0.05) is 5.56 Å². The summed E-state index contributed by atoms with van der Waals surface area (Å²) in [6.45, 7) is 2.19. The van der Waals surface area contributed by atoms with Gasteiger partial charge < -0.3 is 18.6 Å². The van der Waals surface area contributed by atoms with E-state index in [1.54, 1.807) is 0 Å². The molecule has 27 heavy (non-hydrogen) atoms. The predicted octanol–water partition coefficient (Wildman–Crippen LogP) is 2.61. The number of aliphatic hydroxyl groups is 1. The standard InChI is InChI=1S/C20H22O6S/c1-3-10-16-12-8-9-20(2)14(6-7-15(20)21)11(12)4-5-13(16)19-17(22)18(10)25-27(23,24)26-19/h1,11-12,14-15,21-22H,4-9H2,2H3/t11-,12+,14+,15+,20+/m1/s1. The lowest BCUT2D eigenvalue weighted by Crippen LogP contribution is -2.44. The number of hydrogen-bond donors (Lipinski definition) is 2. The van der Waals surface area contributed by atoms with E-state index in [9.17, 15) is 18.6 Å². The lowest BCUT2D eigenvalue weighted by atomic mass is 9.55. The van der Waals surface area contributed by atoms with Gasteiger partial charge in [-0.1, -0.05) is 12.8 Å². The molecule has 2 fully saturated rings. The Morgan fingerprint density at radius 2 is 1.93 bits per heavy atom. The molecule has 0 amide bonds. The molecule has 3 aliphatic carbocycles.